The van der Waals surface area contributed by atoms with Crippen LogP contribution in [0.25, 0.3) is 0 Å². The Labute approximate surface area is 87.3 Å². The topological polar surface area (TPSA) is 0 Å². The summed E-state index contributed by atoms with van der Waals surface area (Å²) < 4.78 is 0. The number of hydrogen-bond acceptors (Lipinski definition) is 2. The van der Waals surface area contributed by atoms with E-state index in [1.165, 1.54) is 51.4 Å². The van der Waals surface area contributed by atoms with E-state index in [0.717, 1.165) is 0 Å². The van der Waals surface area contributed by atoms with Gasteiger partial charge in [0.1, 0.15) is 0 Å². The Kier molecular flexibility index (Phi) is 5.57. The highest BCUT2D eigenvalue weighted by molar-refractivity contribution is 7.81. The molecular weight excluding hydrogens is 184 g/mol. The van der Waals surface area contributed by atoms with Crippen molar-refractivity contribution in [1.82, 2.24) is 0 Å². The van der Waals surface area contributed by atoms with Crippen LogP contribution in [0.15, 0.2) is 0 Å². The Hall–Kier alpha value is 0.700. The Balaban J connectivity index is 2.24. The molecule has 0 aromatic heterocycles. The molecule has 0 radical (unpaired) electrons. The van der Waals surface area contributed by atoms with Crippen molar-refractivity contribution in [1.29, 1.82) is 0 Å². The van der Waals surface area contributed by atoms with Gasteiger partial charge in [-0.05, 0) is 19.3 Å². The van der Waals surface area contributed by atoms with E-state index in [1.54, 1.807) is 0 Å². The standard InChI is InChI=1S/C10H20S2/c11-9-6-4-2-1-3-5-7-10(12)8-9/h9-12H,1-8H2. The predicted molar refractivity (Wildman–Crippen MR) is 62.5 cm³/mol. The lowest BCUT2D eigenvalue weighted by atomic mass is 10.0. The van der Waals surface area contributed by atoms with E-state index >= 15 is 0 Å². The summed E-state index contributed by atoms with van der Waals surface area (Å²) in [4.78, 5) is 0. The SMILES string of the molecule is SC1CCCCCCCC(S)C1. The third kappa shape index (κ3) is 4.66. The molecule has 1 aliphatic carbocycles. The molecule has 2 atom stereocenters. The van der Waals surface area contributed by atoms with Crippen LogP contribution in [0.3, 0.4) is 0 Å². The number of hydrogen-bond donors (Lipinski definition) is 2. The zero-order chi connectivity index (χ0) is 8.81. The van der Waals surface area contributed by atoms with Crippen molar-refractivity contribution in [2.45, 2.75) is 61.9 Å². The third-order valence-corrected chi connectivity index (χ3v) is 3.56. The molecule has 1 saturated carbocycles. The summed E-state index contributed by atoms with van der Waals surface area (Å²) in [6, 6.07) is 0. The summed E-state index contributed by atoms with van der Waals surface area (Å²) >= 11 is 9.14. The van der Waals surface area contributed by atoms with E-state index in [9.17, 15) is 0 Å². The maximum atomic E-state index is 4.57. The minimum Gasteiger partial charge on any atom is -0.176 e. The summed E-state index contributed by atoms with van der Waals surface area (Å²) in [5.74, 6) is 0. The fourth-order valence-electron chi connectivity index (χ4n) is 1.84. The van der Waals surface area contributed by atoms with Gasteiger partial charge in [0, 0.05) is 10.5 Å². The van der Waals surface area contributed by atoms with Crippen molar-refractivity contribution in [3.63, 3.8) is 0 Å². The minimum atomic E-state index is 0.602. The van der Waals surface area contributed by atoms with Gasteiger partial charge in [0.15, 0.2) is 0 Å². The molecule has 2 heteroatoms. The lowest BCUT2D eigenvalue weighted by Crippen LogP contribution is -2.10. The average Bonchev–Trinajstić information content (AvgIpc) is 2.02. The van der Waals surface area contributed by atoms with Crippen LogP contribution in [0.4, 0.5) is 0 Å². The predicted octanol–water partition coefficient (Wildman–Crippen LogP) is 3.72. The molecule has 1 aliphatic rings. The molecule has 0 bridgehead atoms. The molecule has 0 amide bonds. The molecule has 0 aromatic carbocycles. The molecule has 2 unspecified atom stereocenters. The highest BCUT2D eigenvalue weighted by atomic mass is 32.1. The van der Waals surface area contributed by atoms with Gasteiger partial charge in [-0.3, -0.25) is 0 Å². The zero-order valence-electron chi connectivity index (χ0n) is 7.71. The first-order chi connectivity index (χ1) is 5.79. The molecular formula is C10H20S2. The summed E-state index contributed by atoms with van der Waals surface area (Å²) in [7, 11) is 0. The lowest BCUT2D eigenvalue weighted by molar-refractivity contribution is 0.520. The number of thiol groups is 2. The highest BCUT2D eigenvalue weighted by Gasteiger charge is 2.11. The van der Waals surface area contributed by atoms with Crippen molar-refractivity contribution in [3.05, 3.63) is 0 Å². The van der Waals surface area contributed by atoms with Crippen LogP contribution in [-0.2, 0) is 0 Å². The first-order valence-corrected chi connectivity index (χ1v) is 6.18. The van der Waals surface area contributed by atoms with Crippen LogP contribution in [0.5, 0.6) is 0 Å². The fourth-order valence-corrected chi connectivity index (χ4v) is 2.88. The Morgan fingerprint density at radius 1 is 0.667 bits per heavy atom. The molecule has 0 saturated heterocycles. The maximum absolute atomic E-state index is 4.57. The quantitative estimate of drug-likeness (QED) is 0.552. The van der Waals surface area contributed by atoms with Crippen molar-refractivity contribution in [2.75, 3.05) is 0 Å². The third-order valence-electron chi connectivity index (χ3n) is 2.62. The van der Waals surface area contributed by atoms with E-state index in [0.29, 0.717) is 10.5 Å². The second-order valence-corrected chi connectivity index (χ2v) is 5.35. The first kappa shape index (κ1) is 10.8. The summed E-state index contributed by atoms with van der Waals surface area (Å²) in [6.07, 6.45) is 10.8. The number of rotatable bonds is 0. The molecule has 0 spiro atoms. The van der Waals surface area contributed by atoms with E-state index in [4.69, 9.17) is 0 Å². The van der Waals surface area contributed by atoms with E-state index in [-0.39, 0.29) is 0 Å². The van der Waals surface area contributed by atoms with Gasteiger partial charge in [0.25, 0.3) is 0 Å². The highest BCUT2D eigenvalue weighted by Crippen LogP contribution is 2.23. The van der Waals surface area contributed by atoms with Crippen LogP contribution in [-0.4, -0.2) is 10.5 Å². The molecule has 1 rings (SSSR count). The average molecular weight is 204 g/mol. The molecule has 0 nitrogen and oxygen atoms in total. The fraction of sp³-hybridized carbons (Fsp3) is 1.00. The molecule has 0 heterocycles. The molecule has 1 fully saturated rings. The van der Waals surface area contributed by atoms with Crippen LogP contribution >= 0.6 is 25.3 Å². The summed E-state index contributed by atoms with van der Waals surface area (Å²) in [5.41, 5.74) is 0. The van der Waals surface area contributed by atoms with Crippen molar-refractivity contribution in [3.8, 4) is 0 Å². The van der Waals surface area contributed by atoms with Crippen LogP contribution in [0.2, 0.25) is 0 Å². The van der Waals surface area contributed by atoms with Crippen LogP contribution in [0, 0.1) is 0 Å². The molecule has 0 aromatic rings. The lowest BCUT2D eigenvalue weighted by Gasteiger charge is -2.17. The van der Waals surface area contributed by atoms with E-state index in [1.807, 2.05) is 0 Å². The van der Waals surface area contributed by atoms with Gasteiger partial charge in [0.05, 0.1) is 0 Å². The van der Waals surface area contributed by atoms with Crippen molar-refractivity contribution < 1.29 is 0 Å². The van der Waals surface area contributed by atoms with Crippen LogP contribution < -0.4 is 0 Å². The first-order valence-electron chi connectivity index (χ1n) is 5.15. The smallest absolute Gasteiger partial charge is 0.00272 e. The summed E-state index contributed by atoms with van der Waals surface area (Å²) in [6.45, 7) is 0. The molecule has 12 heavy (non-hydrogen) atoms. The second kappa shape index (κ2) is 6.20. The Morgan fingerprint density at radius 3 is 1.58 bits per heavy atom. The second-order valence-electron chi connectivity index (χ2n) is 3.89. The summed E-state index contributed by atoms with van der Waals surface area (Å²) in [5, 5.41) is 1.20. The van der Waals surface area contributed by atoms with Crippen molar-refractivity contribution >= 4 is 25.3 Å². The minimum absolute atomic E-state index is 0.602. The van der Waals surface area contributed by atoms with Crippen molar-refractivity contribution in [2.24, 2.45) is 0 Å². The normalized spacial score (nSPS) is 34.5. The Morgan fingerprint density at radius 2 is 1.08 bits per heavy atom. The van der Waals surface area contributed by atoms with Gasteiger partial charge in [-0.1, -0.05) is 32.1 Å². The van der Waals surface area contributed by atoms with Gasteiger partial charge >= 0.3 is 0 Å². The van der Waals surface area contributed by atoms with Gasteiger partial charge in [-0.25, -0.2) is 0 Å². The van der Waals surface area contributed by atoms with Gasteiger partial charge in [-0.2, -0.15) is 25.3 Å². The maximum Gasteiger partial charge on any atom is 0.00272 e. The monoisotopic (exact) mass is 204 g/mol. The molecule has 0 N–H and O–H groups in total. The van der Waals surface area contributed by atoms with Gasteiger partial charge in [-0.15, -0.1) is 0 Å². The molecule has 72 valence electrons. The zero-order valence-corrected chi connectivity index (χ0v) is 9.49. The van der Waals surface area contributed by atoms with Crippen LogP contribution in [0.1, 0.15) is 51.4 Å². The van der Waals surface area contributed by atoms with E-state index in [2.05, 4.69) is 25.3 Å². The molecule has 0 aliphatic heterocycles. The Bertz CT molecular complexity index is 102. The van der Waals surface area contributed by atoms with E-state index < -0.39 is 0 Å². The van der Waals surface area contributed by atoms with Gasteiger partial charge < -0.3 is 0 Å². The largest absolute Gasteiger partial charge is 0.176 e. The van der Waals surface area contributed by atoms with Gasteiger partial charge in [0.2, 0.25) is 0 Å².